The molecule has 2 heterocycles. The molecule has 0 fully saturated rings. The number of imidazole rings is 1. The number of carbonyl (C=O) groups excluding carboxylic acids is 1. The van der Waals surface area contributed by atoms with E-state index in [0.29, 0.717) is 17.8 Å². The molecule has 0 aliphatic rings. The first-order valence-corrected chi connectivity index (χ1v) is 9.89. The van der Waals surface area contributed by atoms with Gasteiger partial charge >= 0.3 is 0 Å². The lowest BCUT2D eigenvalue weighted by Crippen LogP contribution is -2.41. The SMILES string of the molecule is CCn1cc(S(=O)(=O)NNC(=O)c2cc(-c3cn(C)cn3)cc(Cl)c2F)cn1. The molecule has 148 valence electrons. The molecule has 1 aromatic carbocycles. The van der Waals surface area contributed by atoms with E-state index in [0.717, 1.165) is 6.20 Å². The van der Waals surface area contributed by atoms with Crippen molar-refractivity contribution in [3.8, 4) is 11.3 Å². The molecule has 0 saturated heterocycles. The summed E-state index contributed by atoms with van der Waals surface area (Å²) in [6, 6.07) is 2.57. The zero-order valence-electron chi connectivity index (χ0n) is 14.8. The molecule has 0 radical (unpaired) electrons. The third-order valence-electron chi connectivity index (χ3n) is 3.82. The lowest BCUT2D eigenvalue weighted by atomic mass is 10.1. The molecule has 2 aromatic heterocycles. The number of nitrogens with one attached hydrogen (secondary N) is 2. The fourth-order valence-electron chi connectivity index (χ4n) is 2.36. The number of aryl methyl sites for hydroxylation is 2. The minimum Gasteiger partial charge on any atom is -0.340 e. The molecule has 1 amide bonds. The van der Waals surface area contributed by atoms with Gasteiger partial charge in [-0.3, -0.25) is 14.9 Å². The quantitative estimate of drug-likeness (QED) is 0.583. The summed E-state index contributed by atoms with van der Waals surface area (Å²) in [5.74, 6) is -1.99. The van der Waals surface area contributed by atoms with Gasteiger partial charge in [-0.1, -0.05) is 11.6 Å². The zero-order valence-corrected chi connectivity index (χ0v) is 16.4. The Balaban J connectivity index is 1.83. The zero-order chi connectivity index (χ0) is 20.5. The van der Waals surface area contributed by atoms with Crippen LogP contribution in [-0.2, 0) is 23.6 Å². The van der Waals surface area contributed by atoms with E-state index in [1.165, 1.54) is 29.3 Å². The van der Waals surface area contributed by atoms with Crippen molar-refractivity contribution in [1.82, 2.24) is 29.6 Å². The first-order valence-electron chi connectivity index (χ1n) is 8.03. The van der Waals surface area contributed by atoms with Gasteiger partial charge in [0.05, 0.1) is 28.8 Å². The third kappa shape index (κ3) is 4.06. The van der Waals surface area contributed by atoms with Crippen molar-refractivity contribution in [1.29, 1.82) is 0 Å². The van der Waals surface area contributed by atoms with Crippen molar-refractivity contribution in [2.24, 2.45) is 7.05 Å². The summed E-state index contributed by atoms with van der Waals surface area (Å²) >= 11 is 5.89. The Morgan fingerprint density at radius 3 is 2.68 bits per heavy atom. The van der Waals surface area contributed by atoms with Crippen LogP contribution >= 0.6 is 11.6 Å². The number of sulfonamides is 1. The molecule has 9 nitrogen and oxygen atoms in total. The van der Waals surface area contributed by atoms with E-state index in [4.69, 9.17) is 11.6 Å². The first-order chi connectivity index (χ1) is 13.2. The second-order valence-electron chi connectivity index (χ2n) is 5.84. The summed E-state index contributed by atoms with van der Waals surface area (Å²) in [4.78, 5) is 18.3. The fraction of sp³-hybridized carbons (Fsp3) is 0.188. The Labute approximate surface area is 165 Å². The smallest absolute Gasteiger partial charge is 0.269 e. The van der Waals surface area contributed by atoms with E-state index >= 15 is 0 Å². The van der Waals surface area contributed by atoms with Crippen molar-refractivity contribution >= 4 is 27.5 Å². The van der Waals surface area contributed by atoms with Crippen molar-refractivity contribution in [2.45, 2.75) is 18.4 Å². The highest BCUT2D eigenvalue weighted by Gasteiger charge is 2.21. The Kier molecular flexibility index (Phi) is 5.49. The molecule has 0 unspecified atom stereocenters. The van der Waals surface area contributed by atoms with Gasteiger partial charge in [-0.15, -0.1) is 4.83 Å². The van der Waals surface area contributed by atoms with Crippen molar-refractivity contribution in [2.75, 3.05) is 0 Å². The maximum atomic E-state index is 14.3. The van der Waals surface area contributed by atoms with Crippen LogP contribution in [0.15, 0.2) is 41.9 Å². The number of hydrazine groups is 1. The van der Waals surface area contributed by atoms with Gasteiger partial charge in [0, 0.05) is 31.5 Å². The lowest BCUT2D eigenvalue weighted by Gasteiger charge is -2.10. The van der Waals surface area contributed by atoms with Gasteiger partial charge in [0.1, 0.15) is 4.90 Å². The predicted octanol–water partition coefficient (Wildman–Crippen LogP) is 1.72. The molecule has 12 heteroatoms. The van der Waals surface area contributed by atoms with Crippen molar-refractivity contribution < 1.29 is 17.6 Å². The summed E-state index contributed by atoms with van der Waals surface area (Å²) in [5, 5.41) is 3.57. The molecular weight excluding hydrogens is 411 g/mol. The van der Waals surface area contributed by atoms with Crippen LogP contribution in [0.4, 0.5) is 4.39 Å². The molecule has 0 aliphatic heterocycles. The van der Waals surface area contributed by atoms with Gasteiger partial charge in [0.25, 0.3) is 15.9 Å². The molecule has 28 heavy (non-hydrogen) atoms. The van der Waals surface area contributed by atoms with Gasteiger partial charge in [-0.25, -0.2) is 17.8 Å². The highest BCUT2D eigenvalue weighted by molar-refractivity contribution is 7.89. The van der Waals surface area contributed by atoms with E-state index in [9.17, 15) is 17.6 Å². The summed E-state index contributed by atoms with van der Waals surface area (Å²) in [5.41, 5.74) is 2.43. The van der Waals surface area contributed by atoms with E-state index in [2.05, 4.69) is 10.1 Å². The maximum Gasteiger partial charge on any atom is 0.269 e. The first kappa shape index (κ1) is 20.0. The second kappa shape index (κ2) is 7.70. The number of rotatable bonds is 6. The number of hydrogen-bond donors (Lipinski definition) is 2. The van der Waals surface area contributed by atoms with E-state index in [1.807, 2.05) is 10.3 Å². The maximum absolute atomic E-state index is 14.3. The molecule has 0 saturated carbocycles. The number of amides is 1. The van der Waals surface area contributed by atoms with Crippen molar-refractivity contribution in [3.05, 3.63) is 53.5 Å². The Morgan fingerprint density at radius 1 is 1.32 bits per heavy atom. The van der Waals surface area contributed by atoms with E-state index in [-0.39, 0.29) is 9.92 Å². The summed E-state index contributed by atoms with van der Waals surface area (Å²) < 4.78 is 41.9. The molecule has 0 spiro atoms. The van der Waals surface area contributed by atoms with Gasteiger partial charge in [-0.2, -0.15) is 5.10 Å². The van der Waals surface area contributed by atoms with Crippen LogP contribution in [-0.4, -0.2) is 33.7 Å². The van der Waals surface area contributed by atoms with Crippen LogP contribution in [0.2, 0.25) is 5.02 Å². The topological polar surface area (TPSA) is 111 Å². The number of aromatic nitrogens is 4. The highest BCUT2D eigenvalue weighted by Crippen LogP contribution is 2.27. The van der Waals surface area contributed by atoms with Crippen molar-refractivity contribution in [3.63, 3.8) is 0 Å². The molecule has 0 aliphatic carbocycles. The summed E-state index contributed by atoms with van der Waals surface area (Å²) in [6.45, 7) is 2.27. The van der Waals surface area contributed by atoms with Gasteiger partial charge < -0.3 is 4.57 Å². The van der Waals surface area contributed by atoms with Crippen LogP contribution in [0.3, 0.4) is 0 Å². The number of carbonyl (C=O) groups is 1. The second-order valence-corrected chi connectivity index (χ2v) is 7.92. The van der Waals surface area contributed by atoms with Crippen LogP contribution in [0.5, 0.6) is 0 Å². The standard InChI is InChI=1S/C16H16ClFN6O3S/c1-3-24-7-11(6-20-24)28(26,27)22-21-16(25)12-4-10(5-13(17)15(12)18)14-8-23(2)9-19-14/h4-9,22H,3H2,1-2H3,(H,21,25). The molecular formula is C16H16ClFN6O3S. The Bertz CT molecular complexity index is 1140. The van der Waals surface area contributed by atoms with Gasteiger partial charge in [-0.05, 0) is 19.1 Å². The van der Waals surface area contributed by atoms with Crippen LogP contribution in [0.1, 0.15) is 17.3 Å². The number of halogens is 2. The third-order valence-corrected chi connectivity index (χ3v) is 5.29. The Hall–Kier alpha value is -2.76. The largest absolute Gasteiger partial charge is 0.340 e. The summed E-state index contributed by atoms with van der Waals surface area (Å²) in [6.07, 6.45) is 5.64. The fourth-order valence-corrected chi connectivity index (χ4v) is 3.37. The van der Waals surface area contributed by atoms with Crippen LogP contribution in [0, 0.1) is 5.82 Å². The van der Waals surface area contributed by atoms with Crippen LogP contribution in [0.25, 0.3) is 11.3 Å². The highest BCUT2D eigenvalue weighted by atomic mass is 35.5. The molecule has 0 bridgehead atoms. The van der Waals surface area contributed by atoms with Gasteiger partial charge in [0.2, 0.25) is 0 Å². The monoisotopic (exact) mass is 426 g/mol. The number of hydrogen-bond acceptors (Lipinski definition) is 5. The van der Waals surface area contributed by atoms with Crippen LogP contribution < -0.4 is 10.3 Å². The van der Waals surface area contributed by atoms with E-state index in [1.54, 1.807) is 24.7 Å². The van der Waals surface area contributed by atoms with E-state index < -0.39 is 27.3 Å². The average Bonchev–Trinajstić information content (AvgIpc) is 3.31. The molecule has 0 atom stereocenters. The summed E-state index contributed by atoms with van der Waals surface area (Å²) in [7, 11) is -2.32. The molecule has 3 aromatic rings. The normalized spacial score (nSPS) is 11.6. The number of nitrogens with zero attached hydrogens (tertiary/aromatic N) is 4. The lowest BCUT2D eigenvalue weighted by molar-refractivity contribution is 0.0941. The minimum absolute atomic E-state index is 0.143. The average molecular weight is 427 g/mol. The molecule has 2 N–H and O–H groups in total. The minimum atomic E-state index is -4.07. The molecule has 3 rings (SSSR count). The predicted molar refractivity (Wildman–Crippen MR) is 99.3 cm³/mol. The number of benzene rings is 1. The Morgan fingerprint density at radius 2 is 2.07 bits per heavy atom. The van der Waals surface area contributed by atoms with Gasteiger partial charge in [0.15, 0.2) is 5.82 Å².